The molecule has 5 nitrogen and oxygen atoms in total. The number of dihydropyridines is 1. The van der Waals surface area contributed by atoms with Crippen LogP contribution in [-0.4, -0.2) is 25.2 Å². The van der Waals surface area contributed by atoms with Crippen LogP contribution < -0.4 is 5.32 Å². The monoisotopic (exact) mass is 405 g/mol. The minimum Gasteiger partial charge on any atom is -0.463 e. The lowest BCUT2D eigenvalue weighted by Crippen LogP contribution is -2.27. The molecule has 2 aromatic carbocycles. The van der Waals surface area contributed by atoms with Crippen molar-refractivity contribution in [1.29, 1.82) is 0 Å². The molecule has 0 unspecified atom stereocenters. The normalized spacial score (nSPS) is 13.7. The molecule has 156 valence electrons. The lowest BCUT2D eigenvalue weighted by molar-refractivity contribution is -0.139. The maximum absolute atomic E-state index is 12.8. The second-order valence-corrected chi connectivity index (χ2v) is 7.18. The van der Waals surface area contributed by atoms with Crippen molar-refractivity contribution in [3.8, 4) is 0 Å². The van der Waals surface area contributed by atoms with E-state index in [2.05, 4.69) is 5.32 Å². The first-order valence-corrected chi connectivity index (χ1v) is 10.2. The van der Waals surface area contributed by atoms with Crippen LogP contribution in [0.4, 0.5) is 0 Å². The molecule has 1 heterocycles. The summed E-state index contributed by atoms with van der Waals surface area (Å²) in [6.07, 6.45) is 0.136. The highest BCUT2D eigenvalue weighted by molar-refractivity contribution is 6.07. The van der Waals surface area contributed by atoms with Crippen LogP contribution in [0.1, 0.15) is 42.5 Å². The quantitative estimate of drug-likeness (QED) is 0.715. The van der Waals surface area contributed by atoms with E-state index in [1.807, 2.05) is 62.4 Å². The van der Waals surface area contributed by atoms with Gasteiger partial charge in [0.2, 0.25) is 0 Å². The third kappa shape index (κ3) is 4.62. The Balaban J connectivity index is 2.14. The fourth-order valence-electron chi connectivity index (χ4n) is 3.35. The van der Waals surface area contributed by atoms with Crippen LogP contribution in [0.15, 0.2) is 59.7 Å². The molecule has 30 heavy (non-hydrogen) atoms. The first-order valence-electron chi connectivity index (χ1n) is 10.2. The first kappa shape index (κ1) is 21.4. The van der Waals surface area contributed by atoms with E-state index < -0.39 is 11.9 Å². The van der Waals surface area contributed by atoms with Gasteiger partial charge in [0.05, 0.1) is 35.8 Å². The van der Waals surface area contributed by atoms with E-state index >= 15 is 0 Å². The van der Waals surface area contributed by atoms with Crippen LogP contribution in [0.5, 0.6) is 0 Å². The Morgan fingerprint density at radius 2 is 1.10 bits per heavy atom. The average Bonchev–Trinajstić information content (AvgIpc) is 2.74. The number of benzene rings is 2. The van der Waals surface area contributed by atoms with E-state index in [0.717, 1.165) is 22.3 Å². The Hall–Kier alpha value is -3.34. The lowest BCUT2D eigenvalue weighted by Gasteiger charge is -2.26. The van der Waals surface area contributed by atoms with Gasteiger partial charge in [0, 0.05) is 6.42 Å². The van der Waals surface area contributed by atoms with E-state index in [4.69, 9.17) is 9.47 Å². The second kappa shape index (κ2) is 9.44. The van der Waals surface area contributed by atoms with E-state index in [0.29, 0.717) is 22.5 Å². The van der Waals surface area contributed by atoms with Gasteiger partial charge in [0.25, 0.3) is 0 Å². The summed E-state index contributed by atoms with van der Waals surface area (Å²) >= 11 is 0. The molecule has 0 atom stereocenters. The molecule has 1 N–H and O–H groups in total. The predicted molar refractivity (Wildman–Crippen MR) is 117 cm³/mol. The van der Waals surface area contributed by atoms with Crippen LogP contribution in [0.3, 0.4) is 0 Å². The fourth-order valence-corrected chi connectivity index (χ4v) is 3.35. The number of hydrogen-bond donors (Lipinski definition) is 1. The largest absolute Gasteiger partial charge is 0.463 e. The summed E-state index contributed by atoms with van der Waals surface area (Å²) in [5.41, 5.74) is 6.09. The van der Waals surface area contributed by atoms with Crippen molar-refractivity contribution in [2.45, 2.75) is 34.1 Å². The van der Waals surface area contributed by atoms with Crippen molar-refractivity contribution in [3.05, 3.63) is 81.9 Å². The summed E-state index contributed by atoms with van der Waals surface area (Å²) in [6.45, 7) is 8.06. The molecule has 1 aliphatic rings. The van der Waals surface area contributed by atoms with Gasteiger partial charge in [-0.15, -0.1) is 0 Å². The van der Waals surface area contributed by atoms with Gasteiger partial charge in [0.1, 0.15) is 0 Å². The molecule has 0 bridgehead atoms. The third-order valence-corrected chi connectivity index (χ3v) is 4.93. The number of carbonyl (C=O) groups is 2. The van der Waals surface area contributed by atoms with E-state index in [1.54, 1.807) is 13.8 Å². The minimum atomic E-state index is -0.440. The number of hydrogen-bond acceptors (Lipinski definition) is 5. The highest BCUT2D eigenvalue weighted by Crippen LogP contribution is 2.34. The minimum absolute atomic E-state index is 0.136. The summed E-state index contributed by atoms with van der Waals surface area (Å²) in [4.78, 5) is 25.5. The van der Waals surface area contributed by atoms with Crippen LogP contribution in [0.25, 0.3) is 11.4 Å². The summed E-state index contributed by atoms with van der Waals surface area (Å²) in [5.74, 6) is -0.879. The lowest BCUT2D eigenvalue weighted by atomic mass is 9.91. The highest BCUT2D eigenvalue weighted by Gasteiger charge is 2.31. The van der Waals surface area contributed by atoms with Crippen LogP contribution in [-0.2, 0) is 19.1 Å². The van der Waals surface area contributed by atoms with Crippen LogP contribution in [0, 0.1) is 13.8 Å². The molecule has 5 heteroatoms. The number of rotatable bonds is 6. The topological polar surface area (TPSA) is 64.6 Å². The Morgan fingerprint density at radius 1 is 0.733 bits per heavy atom. The molecule has 3 rings (SSSR count). The molecular weight excluding hydrogens is 378 g/mol. The molecule has 0 radical (unpaired) electrons. The maximum Gasteiger partial charge on any atom is 0.336 e. The van der Waals surface area contributed by atoms with E-state index in [-0.39, 0.29) is 19.6 Å². The van der Waals surface area contributed by atoms with Crippen molar-refractivity contribution < 1.29 is 19.1 Å². The van der Waals surface area contributed by atoms with Gasteiger partial charge in [-0.1, -0.05) is 59.7 Å². The Bertz CT molecular complexity index is 917. The SMILES string of the molecule is CCOC(=O)C1=C(c2ccc(C)cc2)NC(c2ccc(C)cc2)=C(C(=O)OCC)C1. The smallest absolute Gasteiger partial charge is 0.336 e. The molecule has 1 aliphatic heterocycles. The zero-order valence-corrected chi connectivity index (χ0v) is 17.9. The van der Waals surface area contributed by atoms with Gasteiger partial charge >= 0.3 is 11.9 Å². The third-order valence-electron chi connectivity index (χ3n) is 4.93. The summed E-state index contributed by atoms with van der Waals surface area (Å²) in [6, 6.07) is 15.8. The molecular formula is C25H27NO4. The second-order valence-electron chi connectivity index (χ2n) is 7.18. The Morgan fingerprint density at radius 3 is 1.43 bits per heavy atom. The van der Waals surface area contributed by atoms with Gasteiger partial charge in [0.15, 0.2) is 0 Å². The molecule has 0 saturated heterocycles. The van der Waals surface area contributed by atoms with Gasteiger partial charge in [-0.05, 0) is 38.8 Å². The zero-order valence-electron chi connectivity index (χ0n) is 17.9. The van der Waals surface area contributed by atoms with Gasteiger partial charge in [-0.25, -0.2) is 9.59 Å². The Kier molecular flexibility index (Phi) is 6.72. The van der Waals surface area contributed by atoms with Crippen molar-refractivity contribution in [3.63, 3.8) is 0 Å². The van der Waals surface area contributed by atoms with Crippen molar-refractivity contribution in [2.75, 3.05) is 13.2 Å². The molecule has 0 aliphatic carbocycles. The Labute approximate surface area is 177 Å². The first-order chi connectivity index (χ1) is 14.4. The van der Waals surface area contributed by atoms with Crippen molar-refractivity contribution in [2.24, 2.45) is 0 Å². The number of esters is 2. The van der Waals surface area contributed by atoms with Crippen LogP contribution in [0.2, 0.25) is 0 Å². The number of carbonyl (C=O) groups excluding carboxylic acids is 2. The van der Waals surface area contributed by atoms with Gasteiger partial charge in [-0.2, -0.15) is 0 Å². The van der Waals surface area contributed by atoms with Gasteiger partial charge < -0.3 is 14.8 Å². The standard InChI is InChI=1S/C25H27NO4/c1-5-29-24(27)20-15-21(25(28)30-6-2)23(19-13-9-17(4)10-14-19)26-22(20)18-11-7-16(3)8-12-18/h7-14,26H,5-6,15H2,1-4H3. The van der Waals surface area contributed by atoms with Gasteiger partial charge in [-0.3, -0.25) is 0 Å². The molecule has 0 fully saturated rings. The zero-order chi connectivity index (χ0) is 21.7. The fraction of sp³-hybridized carbons (Fsp3) is 0.280. The molecule has 0 saturated carbocycles. The van der Waals surface area contributed by atoms with E-state index in [9.17, 15) is 9.59 Å². The molecule has 0 amide bonds. The highest BCUT2D eigenvalue weighted by atomic mass is 16.5. The molecule has 0 aromatic heterocycles. The van der Waals surface area contributed by atoms with Crippen LogP contribution >= 0.6 is 0 Å². The number of aryl methyl sites for hydroxylation is 2. The molecule has 2 aromatic rings. The molecule has 0 spiro atoms. The average molecular weight is 405 g/mol. The summed E-state index contributed by atoms with van der Waals surface area (Å²) in [5, 5.41) is 3.36. The summed E-state index contributed by atoms with van der Waals surface area (Å²) < 4.78 is 10.6. The van der Waals surface area contributed by atoms with E-state index in [1.165, 1.54) is 0 Å². The number of nitrogens with one attached hydrogen (secondary N) is 1. The van der Waals surface area contributed by atoms with Crippen molar-refractivity contribution >= 4 is 23.3 Å². The van der Waals surface area contributed by atoms with Crippen molar-refractivity contribution in [1.82, 2.24) is 5.32 Å². The number of ether oxygens (including phenoxy) is 2. The maximum atomic E-state index is 12.8. The summed E-state index contributed by atoms with van der Waals surface area (Å²) in [7, 11) is 0. The predicted octanol–water partition coefficient (Wildman–Crippen LogP) is 4.55.